The van der Waals surface area contributed by atoms with Crippen molar-refractivity contribution in [1.82, 2.24) is 14.5 Å². The zero-order valence-corrected chi connectivity index (χ0v) is 14.2. The number of aromatic nitrogens is 2. The normalized spacial score (nSPS) is 18.5. The van der Waals surface area contributed by atoms with Crippen molar-refractivity contribution in [1.29, 1.82) is 0 Å². The average molecular weight is 321 g/mol. The Morgan fingerprint density at radius 3 is 2.88 bits per heavy atom. The van der Waals surface area contributed by atoms with Crippen LogP contribution in [0, 0.1) is 6.92 Å². The molecule has 4 nitrogen and oxygen atoms in total. The van der Waals surface area contributed by atoms with Gasteiger partial charge in [-0.2, -0.15) is 0 Å². The van der Waals surface area contributed by atoms with E-state index in [0.29, 0.717) is 12.6 Å². The third kappa shape index (κ3) is 2.47. The zero-order valence-electron chi connectivity index (χ0n) is 14.2. The maximum absolute atomic E-state index is 13.0. The molecule has 3 heterocycles. The maximum Gasteiger partial charge on any atom is 0.179 e. The summed E-state index contributed by atoms with van der Waals surface area (Å²) in [6.45, 7) is 3.47. The van der Waals surface area contributed by atoms with Gasteiger partial charge in [0, 0.05) is 41.1 Å². The molecule has 0 spiro atoms. The van der Waals surface area contributed by atoms with E-state index in [1.807, 2.05) is 31.2 Å². The summed E-state index contributed by atoms with van der Waals surface area (Å²) in [4.78, 5) is 18.7. The molecular formula is C20H23N3O. The number of Topliss-reactive ketones (excluding diaryl/α,β-unsaturated/α-hetero) is 1. The summed E-state index contributed by atoms with van der Waals surface area (Å²) >= 11 is 0. The van der Waals surface area contributed by atoms with Crippen molar-refractivity contribution in [2.45, 2.75) is 25.8 Å². The number of ketones is 1. The minimum atomic E-state index is 0.214. The number of rotatable bonds is 4. The first-order valence-corrected chi connectivity index (χ1v) is 8.61. The first kappa shape index (κ1) is 15.2. The lowest BCUT2D eigenvalue weighted by atomic mass is 10.1. The summed E-state index contributed by atoms with van der Waals surface area (Å²) in [5, 5.41) is 1.04. The molecule has 1 aromatic carbocycles. The highest BCUT2D eigenvalue weighted by molar-refractivity contribution is 6.10. The molecule has 1 unspecified atom stereocenters. The van der Waals surface area contributed by atoms with Gasteiger partial charge in [-0.15, -0.1) is 0 Å². The zero-order chi connectivity index (χ0) is 16.7. The molecule has 1 N–H and O–H groups in total. The summed E-state index contributed by atoms with van der Waals surface area (Å²) in [6, 6.07) is 12.7. The van der Waals surface area contributed by atoms with E-state index in [0.717, 1.165) is 41.5 Å². The lowest BCUT2D eigenvalue weighted by Crippen LogP contribution is -2.30. The molecule has 0 bridgehead atoms. The third-order valence-electron chi connectivity index (χ3n) is 5.21. The van der Waals surface area contributed by atoms with Crippen LogP contribution in [0.15, 0.2) is 42.6 Å². The number of likely N-dealkylation sites (tertiary alicyclic amines) is 1. The highest BCUT2D eigenvalue weighted by Crippen LogP contribution is 2.32. The molecule has 3 aromatic rings. The molecule has 1 atom stereocenters. The van der Waals surface area contributed by atoms with Crippen molar-refractivity contribution in [3.05, 3.63) is 59.5 Å². The predicted octanol–water partition coefficient (Wildman–Crippen LogP) is 3.83. The molecule has 4 heteroatoms. The van der Waals surface area contributed by atoms with Crippen LogP contribution < -0.4 is 0 Å². The second kappa shape index (κ2) is 5.95. The Bertz CT molecular complexity index is 889. The number of aromatic amines is 1. The van der Waals surface area contributed by atoms with E-state index in [-0.39, 0.29) is 5.78 Å². The highest BCUT2D eigenvalue weighted by Gasteiger charge is 2.30. The number of hydrogen-bond acceptors (Lipinski definition) is 2. The van der Waals surface area contributed by atoms with Crippen LogP contribution >= 0.6 is 0 Å². The monoisotopic (exact) mass is 321 g/mol. The molecular weight excluding hydrogens is 298 g/mol. The first-order chi connectivity index (χ1) is 11.6. The van der Waals surface area contributed by atoms with Crippen LogP contribution in [0.25, 0.3) is 10.9 Å². The summed E-state index contributed by atoms with van der Waals surface area (Å²) in [7, 11) is 2.08. The number of benzene rings is 1. The minimum Gasteiger partial charge on any atom is -0.358 e. The van der Waals surface area contributed by atoms with Gasteiger partial charge in [0.15, 0.2) is 5.78 Å². The summed E-state index contributed by atoms with van der Waals surface area (Å²) in [5.41, 5.74) is 4.16. The van der Waals surface area contributed by atoms with Gasteiger partial charge in [0.1, 0.15) is 0 Å². The van der Waals surface area contributed by atoms with E-state index >= 15 is 0 Å². The lowest BCUT2D eigenvalue weighted by Gasteiger charge is -2.24. The minimum absolute atomic E-state index is 0.214. The fourth-order valence-corrected chi connectivity index (χ4v) is 4.07. The molecule has 1 fully saturated rings. The van der Waals surface area contributed by atoms with E-state index in [2.05, 4.69) is 39.8 Å². The molecule has 1 aliphatic heterocycles. The Balaban J connectivity index is 1.61. The lowest BCUT2D eigenvalue weighted by molar-refractivity contribution is 0.0920. The van der Waals surface area contributed by atoms with Gasteiger partial charge in [-0.25, -0.2) is 0 Å². The molecule has 124 valence electrons. The van der Waals surface area contributed by atoms with Crippen molar-refractivity contribution in [2.75, 3.05) is 13.1 Å². The van der Waals surface area contributed by atoms with E-state index in [1.165, 1.54) is 5.69 Å². The van der Waals surface area contributed by atoms with Crippen molar-refractivity contribution < 1.29 is 4.79 Å². The van der Waals surface area contributed by atoms with Gasteiger partial charge in [0.25, 0.3) is 0 Å². The number of aryl methyl sites for hydroxylation is 2. The maximum atomic E-state index is 13.0. The second-order valence-electron chi connectivity index (χ2n) is 6.77. The van der Waals surface area contributed by atoms with Crippen LogP contribution in [0.2, 0.25) is 0 Å². The molecule has 2 aromatic heterocycles. The van der Waals surface area contributed by atoms with Gasteiger partial charge >= 0.3 is 0 Å². The van der Waals surface area contributed by atoms with Crippen molar-refractivity contribution >= 4 is 16.7 Å². The van der Waals surface area contributed by atoms with Crippen LogP contribution in [0.1, 0.15) is 40.6 Å². The third-order valence-corrected chi connectivity index (χ3v) is 5.21. The van der Waals surface area contributed by atoms with E-state index in [4.69, 9.17) is 0 Å². The molecule has 0 saturated carbocycles. The highest BCUT2D eigenvalue weighted by atomic mass is 16.1. The Morgan fingerprint density at radius 2 is 2.08 bits per heavy atom. The average Bonchev–Trinajstić information content (AvgIpc) is 3.24. The molecule has 24 heavy (non-hydrogen) atoms. The van der Waals surface area contributed by atoms with Crippen LogP contribution in [-0.4, -0.2) is 33.3 Å². The Morgan fingerprint density at radius 1 is 1.25 bits per heavy atom. The summed E-state index contributed by atoms with van der Waals surface area (Å²) in [5.74, 6) is 0.214. The number of nitrogens with one attached hydrogen (secondary N) is 1. The van der Waals surface area contributed by atoms with Gasteiger partial charge in [0.05, 0.1) is 12.6 Å². The first-order valence-electron chi connectivity index (χ1n) is 8.61. The topological polar surface area (TPSA) is 41.0 Å². The van der Waals surface area contributed by atoms with Gasteiger partial charge in [-0.05, 0) is 44.5 Å². The van der Waals surface area contributed by atoms with Crippen LogP contribution in [0.5, 0.6) is 0 Å². The largest absolute Gasteiger partial charge is 0.358 e. The fourth-order valence-electron chi connectivity index (χ4n) is 4.07. The van der Waals surface area contributed by atoms with Crippen LogP contribution in [-0.2, 0) is 7.05 Å². The van der Waals surface area contributed by atoms with Crippen molar-refractivity contribution in [3.63, 3.8) is 0 Å². The standard InChI is InChI=1S/C20H23N3O/c1-14-20(15-7-3-4-8-16(15)21-14)19(24)13-23-12-6-10-18(23)17-9-5-11-22(17)2/h3-5,7-9,11,18,21H,6,10,12-13H2,1-2H3. The number of H-pyrrole nitrogens is 1. The number of hydrogen-bond donors (Lipinski definition) is 1. The van der Waals surface area contributed by atoms with Gasteiger partial charge in [-0.1, -0.05) is 18.2 Å². The van der Waals surface area contributed by atoms with Crippen LogP contribution in [0.3, 0.4) is 0 Å². The predicted molar refractivity (Wildman–Crippen MR) is 96.3 cm³/mol. The van der Waals surface area contributed by atoms with Gasteiger partial charge in [0.2, 0.25) is 0 Å². The van der Waals surface area contributed by atoms with Gasteiger partial charge < -0.3 is 9.55 Å². The SMILES string of the molecule is Cc1[nH]c2ccccc2c1C(=O)CN1CCCC1c1cccn1C. The molecule has 1 saturated heterocycles. The molecule has 0 amide bonds. The van der Waals surface area contributed by atoms with Crippen molar-refractivity contribution in [2.24, 2.45) is 7.05 Å². The summed E-state index contributed by atoms with van der Waals surface area (Å²) < 4.78 is 2.17. The molecule has 4 rings (SSSR count). The number of carbonyl (C=O) groups is 1. The Hall–Kier alpha value is -2.33. The quantitative estimate of drug-likeness (QED) is 0.742. The number of nitrogens with zero attached hydrogens (tertiary/aromatic N) is 2. The molecule has 0 aliphatic carbocycles. The number of fused-ring (bicyclic) bond motifs is 1. The molecule has 1 aliphatic rings. The fraction of sp³-hybridized carbons (Fsp3) is 0.350. The Kier molecular flexibility index (Phi) is 3.77. The molecule has 0 radical (unpaired) electrons. The van der Waals surface area contributed by atoms with Crippen molar-refractivity contribution in [3.8, 4) is 0 Å². The number of carbonyl (C=O) groups excluding carboxylic acids is 1. The van der Waals surface area contributed by atoms with E-state index in [1.54, 1.807) is 0 Å². The number of para-hydroxylation sites is 1. The second-order valence-corrected chi connectivity index (χ2v) is 6.77. The van der Waals surface area contributed by atoms with E-state index < -0.39 is 0 Å². The van der Waals surface area contributed by atoms with Gasteiger partial charge in [-0.3, -0.25) is 9.69 Å². The smallest absolute Gasteiger partial charge is 0.179 e. The summed E-state index contributed by atoms with van der Waals surface area (Å²) in [6.07, 6.45) is 4.35. The van der Waals surface area contributed by atoms with E-state index in [9.17, 15) is 4.79 Å². The Labute approximate surface area is 142 Å². The van der Waals surface area contributed by atoms with Crippen LogP contribution in [0.4, 0.5) is 0 Å².